The van der Waals surface area contributed by atoms with Gasteiger partial charge in [-0.3, -0.25) is 4.79 Å². The molecule has 0 saturated carbocycles. The molecule has 0 aliphatic rings. The Hall–Kier alpha value is -4.59. The van der Waals surface area contributed by atoms with E-state index in [1.807, 2.05) is 54.6 Å². The van der Waals surface area contributed by atoms with Gasteiger partial charge >= 0.3 is 5.97 Å². The Kier molecular flexibility index (Phi) is 11.0. The maximum atomic E-state index is 12.7. The molecule has 218 valence electrons. The highest BCUT2D eigenvalue weighted by Gasteiger charge is 2.14. The molecule has 0 aliphatic carbocycles. The van der Waals surface area contributed by atoms with Crippen LogP contribution in [-0.2, 0) is 22.7 Å². The number of anilines is 1. The number of ether oxygens (including phenoxy) is 4. The van der Waals surface area contributed by atoms with Crippen LogP contribution in [0, 0.1) is 11.3 Å². The van der Waals surface area contributed by atoms with Gasteiger partial charge in [-0.1, -0.05) is 36.4 Å². The van der Waals surface area contributed by atoms with E-state index < -0.39 is 11.9 Å². The van der Waals surface area contributed by atoms with Crippen LogP contribution < -0.4 is 19.5 Å². The number of nitriles is 1. The Morgan fingerprint density at radius 2 is 1.51 bits per heavy atom. The third-order valence-electron chi connectivity index (χ3n) is 6.11. The fourth-order valence-corrected chi connectivity index (χ4v) is 5.38. The molecule has 0 heterocycles. The number of hydrogen-bond acceptors (Lipinski definition) is 7. The van der Waals surface area contributed by atoms with Gasteiger partial charge in [-0.25, -0.2) is 4.79 Å². The lowest BCUT2D eigenvalue weighted by Crippen LogP contribution is -2.13. The van der Waals surface area contributed by atoms with E-state index in [0.717, 1.165) is 11.1 Å². The topological polar surface area (TPSA) is 107 Å². The third kappa shape index (κ3) is 8.47. The Labute approximate surface area is 266 Å². The van der Waals surface area contributed by atoms with Crippen molar-refractivity contribution in [2.45, 2.75) is 13.2 Å². The van der Waals surface area contributed by atoms with Crippen LogP contribution >= 0.6 is 31.9 Å². The molecule has 43 heavy (non-hydrogen) atoms. The lowest BCUT2D eigenvalue weighted by atomic mass is 10.1. The van der Waals surface area contributed by atoms with Gasteiger partial charge in [0.2, 0.25) is 0 Å². The quantitative estimate of drug-likeness (QED) is 0.0968. The van der Waals surface area contributed by atoms with Crippen LogP contribution in [0.2, 0.25) is 0 Å². The standard InChI is InChI=1S/C33H26Br2N2O6/c1-40-30-17-22(8-13-29(30)42-19-21-6-4-3-5-7-21)20-43-31-27(34)15-23(16-28(31)35)14-25(18-36)32(38)37-26-11-9-24(10-12-26)33(39)41-2/h3-17H,19-20H2,1-2H3,(H,37,38)/b25-14-. The summed E-state index contributed by atoms with van der Waals surface area (Å²) in [6.07, 6.45) is 1.47. The average Bonchev–Trinajstić information content (AvgIpc) is 3.02. The van der Waals surface area contributed by atoms with Gasteiger partial charge in [0.1, 0.15) is 30.6 Å². The number of halogens is 2. The van der Waals surface area contributed by atoms with Crippen molar-refractivity contribution in [2.24, 2.45) is 0 Å². The number of hydrogen-bond donors (Lipinski definition) is 1. The molecule has 0 bridgehead atoms. The third-order valence-corrected chi connectivity index (χ3v) is 7.29. The largest absolute Gasteiger partial charge is 0.493 e. The van der Waals surface area contributed by atoms with Gasteiger partial charge in [0.15, 0.2) is 11.5 Å². The fourth-order valence-electron chi connectivity index (χ4n) is 3.93. The number of rotatable bonds is 11. The van der Waals surface area contributed by atoms with E-state index in [4.69, 9.17) is 14.2 Å². The fraction of sp³-hybridized carbons (Fsp3) is 0.121. The van der Waals surface area contributed by atoms with Gasteiger partial charge in [0, 0.05) is 5.69 Å². The molecule has 0 radical (unpaired) electrons. The van der Waals surface area contributed by atoms with Crippen LogP contribution in [0.4, 0.5) is 5.69 Å². The van der Waals surface area contributed by atoms with E-state index in [1.165, 1.54) is 25.3 Å². The first-order chi connectivity index (χ1) is 20.8. The molecular weight excluding hydrogens is 680 g/mol. The van der Waals surface area contributed by atoms with Gasteiger partial charge in [-0.2, -0.15) is 5.26 Å². The molecular formula is C33H26Br2N2O6. The lowest BCUT2D eigenvalue weighted by Gasteiger charge is -2.14. The summed E-state index contributed by atoms with van der Waals surface area (Å²) in [7, 11) is 2.88. The van der Waals surface area contributed by atoms with Crippen LogP contribution in [0.25, 0.3) is 6.08 Å². The van der Waals surface area contributed by atoms with Gasteiger partial charge in [-0.15, -0.1) is 0 Å². The highest BCUT2D eigenvalue weighted by Crippen LogP contribution is 2.37. The van der Waals surface area contributed by atoms with Crippen LogP contribution in [0.1, 0.15) is 27.0 Å². The van der Waals surface area contributed by atoms with Crippen molar-refractivity contribution in [3.63, 3.8) is 0 Å². The summed E-state index contributed by atoms with van der Waals surface area (Å²) in [4.78, 5) is 24.4. The molecule has 0 aromatic heterocycles. The van der Waals surface area contributed by atoms with Crippen molar-refractivity contribution in [1.82, 2.24) is 0 Å². The molecule has 10 heteroatoms. The zero-order chi connectivity index (χ0) is 30.8. The molecule has 8 nitrogen and oxygen atoms in total. The number of carbonyl (C=O) groups excluding carboxylic acids is 2. The van der Waals surface area contributed by atoms with Crippen molar-refractivity contribution in [2.75, 3.05) is 19.5 Å². The zero-order valence-corrected chi connectivity index (χ0v) is 26.4. The normalized spacial score (nSPS) is 10.8. The molecule has 0 atom stereocenters. The van der Waals surface area contributed by atoms with E-state index in [9.17, 15) is 14.9 Å². The highest BCUT2D eigenvalue weighted by molar-refractivity contribution is 9.11. The second-order valence-electron chi connectivity index (χ2n) is 9.05. The van der Waals surface area contributed by atoms with Crippen LogP contribution in [0.15, 0.2) is 99.4 Å². The van der Waals surface area contributed by atoms with Crippen LogP contribution in [-0.4, -0.2) is 26.1 Å². The number of benzene rings is 4. The van der Waals surface area contributed by atoms with Gasteiger partial charge in [-0.05, 0) is 103 Å². The molecule has 1 amide bonds. The van der Waals surface area contributed by atoms with Gasteiger partial charge in [0.05, 0.1) is 28.7 Å². The summed E-state index contributed by atoms with van der Waals surface area (Å²) in [5.41, 5.74) is 3.19. The number of methoxy groups -OCH3 is 2. The Balaban J connectivity index is 1.42. The Bertz CT molecular complexity index is 1660. The molecule has 4 aromatic carbocycles. The predicted octanol–water partition coefficient (Wildman–Crippen LogP) is 7.71. The SMILES string of the molecule is COC(=O)c1ccc(NC(=O)/C(C#N)=C\c2cc(Br)c(OCc3ccc(OCc4ccccc4)c(OC)c3)c(Br)c2)cc1. The second-order valence-corrected chi connectivity index (χ2v) is 10.8. The maximum Gasteiger partial charge on any atom is 0.337 e. The lowest BCUT2D eigenvalue weighted by molar-refractivity contribution is -0.112. The molecule has 0 unspecified atom stereocenters. The first kappa shape index (κ1) is 31.3. The molecule has 0 saturated heterocycles. The number of nitrogens with one attached hydrogen (secondary N) is 1. The smallest absolute Gasteiger partial charge is 0.337 e. The molecule has 0 spiro atoms. The average molecular weight is 706 g/mol. The van der Waals surface area contributed by atoms with Crippen LogP contribution in [0.5, 0.6) is 17.2 Å². The van der Waals surface area contributed by atoms with Crippen molar-refractivity contribution in [1.29, 1.82) is 5.26 Å². The number of carbonyl (C=O) groups is 2. The van der Waals surface area contributed by atoms with E-state index in [2.05, 4.69) is 41.9 Å². The van der Waals surface area contributed by atoms with Crippen molar-refractivity contribution < 1.29 is 28.5 Å². The summed E-state index contributed by atoms with van der Waals surface area (Å²) < 4.78 is 23.5. The minimum Gasteiger partial charge on any atom is -0.493 e. The second kappa shape index (κ2) is 15.0. The summed E-state index contributed by atoms with van der Waals surface area (Å²) in [5, 5.41) is 12.3. The molecule has 0 fully saturated rings. The van der Waals surface area contributed by atoms with Crippen molar-refractivity contribution in [3.8, 4) is 23.3 Å². The summed E-state index contributed by atoms with van der Waals surface area (Å²) >= 11 is 7.06. The molecule has 1 N–H and O–H groups in total. The van der Waals surface area contributed by atoms with E-state index >= 15 is 0 Å². The summed E-state index contributed by atoms with van der Waals surface area (Å²) in [6, 6.07) is 27.1. The minimum atomic E-state index is -0.592. The zero-order valence-electron chi connectivity index (χ0n) is 23.2. The summed E-state index contributed by atoms with van der Waals surface area (Å²) in [6.45, 7) is 0.676. The van der Waals surface area contributed by atoms with E-state index in [1.54, 1.807) is 31.4 Å². The molecule has 0 aliphatic heterocycles. The highest BCUT2D eigenvalue weighted by atomic mass is 79.9. The number of esters is 1. The number of nitrogens with zero attached hydrogens (tertiary/aromatic N) is 1. The van der Waals surface area contributed by atoms with Crippen molar-refractivity contribution >= 4 is 55.5 Å². The predicted molar refractivity (Wildman–Crippen MR) is 170 cm³/mol. The van der Waals surface area contributed by atoms with Crippen molar-refractivity contribution in [3.05, 3.63) is 122 Å². The first-order valence-electron chi connectivity index (χ1n) is 12.9. The minimum absolute atomic E-state index is 0.105. The van der Waals surface area contributed by atoms with Gasteiger partial charge < -0.3 is 24.3 Å². The Morgan fingerprint density at radius 1 is 0.837 bits per heavy atom. The van der Waals surface area contributed by atoms with E-state index in [0.29, 0.717) is 49.6 Å². The van der Waals surface area contributed by atoms with Crippen LogP contribution in [0.3, 0.4) is 0 Å². The van der Waals surface area contributed by atoms with E-state index in [-0.39, 0.29) is 12.2 Å². The first-order valence-corrected chi connectivity index (χ1v) is 14.5. The molecule has 4 aromatic rings. The Morgan fingerprint density at radius 3 is 2.14 bits per heavy atom. The van der Waals surface area contributed by atoms with Gasteiger partial charge in [0.25, 0.3) is 5.91 Å². The maximum absolute atomic E-state index is 12.7. The molecule has 4 rings (SSSR count). The summed E-state index contributed by atoms with van der Waals surface area (Å²) in [5.74, 6) is 0.697. The monoisotopic (exact) mass is 704 g/mol. The number of amides is 1.